The number of carbonyl (C=O) groups is 1. The van der Waals surface area contributed by atoms with E-state index < -0.39 is 11.7 Å². The van der Waals surface area contributed by atoms with E-state index in [1.807, 2.05) is 18.2 Å². The summed E-state index contributed by atoms with van der Waals surface area (Å²) in [6, 6.07) is 18.2. The second kappa shape index (κ2) is 7.57. The number of hydrogen-bond donors (Lipinski definition) is 3. The van der Waals surface area contributed by atoms with Gasteiger partial charge >= 0.3 is 6.03 Å². The zero-order valence-electron chi connectivity index (χ0n) is 14.7. The SMILES string of the molecule is Cc1cccc(NC2(NC(N)=O)CCN(Cc3ccccc3)CC2)c1. The fourth-order valence-electron chi connectivity index (χ4n) is 3.45. The van der Waals surface area contributed by atoms with Crippen LogP contribution in [0.2, 0.25) is 0 Å². The summed E-state index contributed by atoms with van der Waals surface area (Å²) in [4.78, 5) is 14.0. The second-order valence-electron chi connectivity index (χ2n) is 6.83. The van der Waals surface area contributed by atoms with Gasteiger partial charge in [-0.3, -0.25) is 4.90 Å². The van der Waals surface area contributed by atoms with Gasteiger partial charge < -0.3 is 16.4 Å². The van der Waals surface area contributed by atoms with Crippen molar-refractivity contribution in [2.24, 2.45) is 5.73 Å². The Morgan fingerprint density at radius 1 is 1.12 bits per heavy atom. The van der Waals surface area contributed by atoms with Crippen molar-refractivity contribution in [2.75, 3.05) is 18.4 Å². The van der Waals surface area contributed by atoms with Crippen LogP contribution in [0.1, 0.15) is 24.0 Å². The number of carbonyl (C=O) groups excluding carboxylic acids is 1. The molecule has 0 radical (unpaired) electrons. The lowest BCUT2D eigenvalue weighted by molar-refractivity contribution is 0.149. The molecule has 1 aliphatic rings. The summed E-state index contributed by atoms with van der Waals surface area (Å²) < 4.78 is 0. The molecule has 1 aliphatic heterocycles. The number of rotatable bonds is 5. The molecular weight excluding hydrogens is 312 g/mol. The van der Waals surface area contributed by atoms with Gasteiger partial charge in [0.05, 0.1) is 0 Å². The van der Waals surface area contributed by atoms with Gasteiger partial charge in [-0.15, -0.1) is 0 Å². The second-order valence-corrected chi connectivity index (χ2v) is 6.83. The van der Waals surface area contributed by atoms with Gasteiger partial charge in [-0.1, -0.05) is 42.5 Å². The number of anilines is 1. The average molecular weight is 338 g/mol. The van der Waals surface area contributed by atoms with Crippen LogP contribution in [-0.4, -0.2) is 29.7 Å². The van der Waals surface area contributed by atoms with E-state index in [0.717, 1.165) is 38.2 Å². The Kier molecular flexibility index (Phi) is 5.24. The van der Waals surface area contributed by atoms with E-state index in [0.29, 0.717) is 0 Å². The molecule has 25 heavy (non-hydrogen) atoms. The monoisotopic (exact) mass is 338 g/mol. The van der Waals surface area contributed by atoms with Gasteiger partial charge in [0.25, 0.3) is 0 Å². The lowest BCUT2D eigenvalue weighted by Gasteiger charge is -2.43. The first-order chi connectivity index (χ1) is 12.0. The molecular formula is C20H26N4O. The normalized spacial score (nSPS) is 17.0. The van der Waals surface area contributed by atoms with Gasteiger partial charge in [-0.2, -0.15) is 0 Å². The highest BCUT2D eigenvalue weighted by molar-refractivity contribution is 5.73. The van der Waals surface area contributed by atoms with Crippen molar-refractivity contribution in [3.63, 3.8) is 0 Å². The molecule has 0 atom stereocenters. The van der Waals surface area contributed by atoms with Gasteiger partial charge in [-0.25, -0.2) is 4.79 Å². The summed E-state index contributed by atoms with van der Waals surface area (Å²) in [5, 5.41) is 6.46. The average Bonchev–Trinajstić information content (AvgIpc) is 2.57. The molecule has 1 fully saturated rings. The summed E-state index contributed by atoms with van der Waals surface area (Å²) in [5.41, 5.74) is 8.45. The van der Waals surface area contributed by atoms with E-state index in [-0.39, 0.29) is 0 Å². The van der Waals surface area contributed by atoms with Crippen LogP contribution in [0.4, 0.5) is 10.5 Å². The third-order valence-corrected chi connectivity index (χ3v) is 4.72. The first kappa shape index (κ1) is 17.3. The summed E-state index contributed by atoms with van der Waals surface area (Å²) >= 11 is 0. The Morgan fingerprint density at radius 2 is 1.84 bits per heavy atom. The smallest absolute Gasteiger partial charge is 0.313 e. The molecule has 1 heterocycles. The van der Waals surface area contributed by atoms with Crippen molar-refractivity contribution < 1.29 is 4.79 Å². The number of nitrogens with one attached hydrogen (secondary N) is 2. The summed E-state index contributed by atoms with van der Waals surface area (Å²) in [6.45, 7) is 4.78. The van der Waals surface area contributed by atoms with E-state index in [9.17, 15) is 4.79 Å². The Bertz CT molecular complexity index is 709. The van der Waals surface area contributed by atoms with E-state index in [4.69, 9.17) is 5.73 Å². The number of aryl methyl sites for hydroxylation is 1. The largest absolute Gasteiger partial charge is 0.363 e. The summed E-state index contributed by atoms with van der Waals surface area (Å²) in [5.74, 6) is 0. The van der Waals surface area contributed by atoms with Gasteiger partial charge in [0.15, 0.2) is 0 Å². The summed E-state index contributed by atoms with van der Waals surface area (Å²) in [7, 11) is 0. The van der Waals surface area contributed by atoms with Crippen LogP contribution in [0.25, 0.3) is 0 Å². The van der Waals surface area contributed by atoms with Gasteiger partial charge in [0, 0.05) is 38.2 Å². The lowest BCUT2D eigenvalue weighted by Crippen LogP contribution is -2.61. The van der Waals surface area contributed by atoms with Crippen molar-refractivity contribution >= 4 is 11.7 Å². The minimum atomic E-state index is -0.493. The number of primary amides is 1. The molecule has 4 N–H and O–H groups in total. The Balaban J connectivity index is 1.67. The maximum atomic E-state index is 11.6. The highest BCUT2D eigenvalue weighted by Gasteiger charge is 2.35. The molecule has 0 aliphatic carbocycles. The van der Waals surface area contributed by atoms with Crippen molar-refractivity contribution in [1.82, 2.24) is 10.2 Å². The third-order valence-electron chi connectivity index (χ3n) is 4.72. The molecule has 0 spiro atoms. The minimum Gasteiger partial charge on any atom is -0.363 e. The number of hydrogen-bond acceptors (Lipinski definition) is 3. The molecule has 2 amide bonds. The fraction of sp³-hybridized carbons (Fsp3) is 0.350. The Labute approximate surface area is 149 Å². The molecule has 1 saturated heterocycles. The first-order valence-electron chi connectivity index (χ1n) is 8.73. The maximum Gasteiger partial charge on any atom is 0.313 e. The van der Waals surface area contributed by atoms with Gasteiger partial charge in [-0.05, 0) is 30.2 Å². The fourth-order valence-corrected chi connectivity index (χ4v) is 3.45. The highest BCUT2D eigenvalue weighted by Crippen LogP contribution is 2.26. The molecule has 0 unspecified atom stereocenters. The Morgan fingerprint density at radius 3 is 2.48 bits per heavy atom. The van der Waals surface area contributed by atoms with Crippen LogP contribution >= 0.6 is 0 Å². The van der Waals surface area contributed by atoms with E-state index in [2.05, 4.69) is 58.9 Å². The van der Waals surface area contributed by atoms with Crippen molar-refractivity contribution in [2.45, 2.75) is 32.0 Å². The van der Waals surface area contributed by atoms with Crippen LogP contribution in [-0.2, 0) is 6.54 Å². The van der Waals surface area contributed by atoms with Crippen LogP contribution in [0.15, 0.2) is 54.6 Å². The third kappa shape index (κ3) is 4.73. The molecule has 5 heteroatoms. The first-order valence-corrected chi connectivity index (χ1v) is 8.73. The van der Waals surface area contributed by atoms with Crippen molar-refractivity contribution in [3.05, 3.63) is 65.7 Å². The Hall–Kier alpha value is -2.53. The molecule has 0 bridgehead atoms. The minimum absolute atomic E-state index is 0.489. The van der Waals surface area contributed by atoms with Crippen molar-refractivity contribution in [1.29, 1.82) is 0 Å². The number of likely N-dealkylation sites (tertiary alicyclic amines) is 1. The molecule has 0 aromatic heterocycles. The zero-order valence-corrected chi connectivity index (χ0v) is 14.7. The molecule has 2 aromatic carbocycles. The van der Waals surface area contributed by atoms with Crippen LogP contribution in [0.5, 0.6) is 0 Å². The van der Waals surface area contributed by atoms with Crippen LogP contribution in [0.3, 0.4) is 0 Å². The number of benzene rings is 2. The predicted molar refractivity (Wildman–Crippen MR) is 101 cm³/mol. The number of piperidine rings is 1. The quantitative estimate of drug-likeness (QED) is 0.734. The van der Waals surface area contributed by atoms with Crippen LogP contribution < -0.4 is 16.4 Å². The summed E-state index contributed by atoms with van der Waals surface area (Å²) in [6.07, 6.45) is 1.60. The maximum absolute atomic E-state index is 11.6. The standard InChI is InChI=1S/C20H26N4O/c1-16-6-5-9-18(14-16)22-20(23-19(21)25)10-12-24(13-11-20)15-17-7-3-2-4-8-17/h2-9,14,22H,10-13,15H2,1H3,(H3,21,23,25). The number of nitrogens with zero attached hydrogens (tertiary/aromatic N) is 1. The highest BCUT2D eigenvalue weighted by atomic mass is 16.2. The molecule has 0 saturated carbocycles. The van der Waals surface area contributed by atoms with E-state index in [1.165, 1.54) is 11.1 Å². The number of urea groups is 1. The molecule has 2 aromatic rings. The molecule has 3 rings (SSSR count). The molecule has 5 nitrogen and oxygen atoms in total. The predicted octanol–water partition coefficient (Wildman–Crippen LogP) is 3.07. The lowest BCUT2D eigenvalue weighted by atomic mass is 9.95. The van der Waals surface area contributed by atoms with Gasteiger partial charge in [0.1, 0.15) is 5.66 Å². The van der Waals surface area contributed by atoms with Crippen molar-refractivity contribution in [3.8, 4) is 0 Å². The van der Waals surface area contributed by atoms with Crippen LogP contribution in [0, 0.1) is 6.92 Å². The van der Waals surface area contributed by atoms with E-state index >= 15 is 0 Å². The number of nitrogens with two attached hydrogens (primary N) is 1. The molecule has 132 valence electrons. The van der Waals surface area contributed by atoms with Gasteiger partial charge in [0.2, 0.25) is 0 Å². The topological polar surface area (TPSA) is 70.4 Å². The number of amides is 2. The zero-order chi connectivity index (χ0) is 17.7. The van der Waals surface area contributed by atoms with E-state index in [1.54, 1.807) is 0 Å².